The van der Waals surface area contributed by atoms with Crippen LogP contribution < -0.4 is 4.74 Å². The first-order valence-electron chi connectivity index (χ1n) is 2.77. The molecule has 54 valence electrons. The van der Waals surface area contributed by atoms with Gasteiger partial charge < -0.3 is 4.74 Å². The van der Waals surface area contributed by atoms with Crippen LogP contribution in [-0.2, 0) is 0 Å². The van der Waals surface area contributed by atoms with Gasteiger partial charge in [-0.25, -0.2) is 0 Å². The fraction of sp³-hybridized carbons (Fsp3) is 0.143. The molecular formula is C7H7IOS. The number of methoxy groups -OCH3 is 1. The Labute approximate surface area is 79.3 Å². The summed E-state index contributed by atoms with van der Waals surface area (Å²) >= 11 is 6.48. The van der Waals surface area contributed by atoms with Crippen LogP contribution in [0.3, 0.4) is 0 Å². The largest absolute Gasteiger partial charge is 0.496 e. The van der Waals surface area contributed by atoms with Gasteiger partial charge in [0.25, 0.3) is 0 Å². The van der Waals surface area contributed by atoms with Crippen LogP contribution in [0.15, 0.2) is 23.1 Å². The monoisotopic (exact) mass is 266 g/mol. The second-order valence-electron chi connectivity index (χ2n) is 1.79. The molecule has 0 fully saturated rings. The summed E-state index contributed by atoms with van der Waals surface area (Å²) in [4.78, 5) is 0.908. The van der Waals surface area contributed by atoms with E-state index in [4.69, 9.17) is 4.74 Å². The summed E-state index contributed by atoms with van der Waals surface area (Å²) in [6.07, 6.45) is 0. The van der Waals surface area contributed by atoms with Crippen LogP contribution in [0.4, 0.5) is 0 Å². The third kappa shape index (κ3) is 1.58. The highest BCUT2D eigenvalue weighted by atomic mass is 127. The molecule has 0 N–H and O–H groups in total. The molecule has 0 aromatic heterocycles. The predicted molar refractivity (Wildman–Crippen MR) is 53.0 cm³/mol. The van der Waals surface area contributed by atoms with E-state index in [1.54, 1.807) is 7.11 Å². The Hall–Kier alpha value is 0.1000. The molecule has 1 nitrogen and oxygen atoms in total. The van der Waals surface area contributed by atoms with Crippen molar-refractivity contribution in [3.63, 3.8) is 0 Å². The molecule has 0 unspecified atom stereocenters. The van der Waals surface area contributed by atoms with Gasteiger partial charge >= 0.3 is 0 Å². The summed E-state index contributed by atoms with van der Waals surface area (Å²) < 4.78 is 6.16. The van der Waals surface area contributed by atoms with Gasteiger partial charge in [-0.05, 0) is 34.7 Å². The third-order valence-electron chi connectivity index (χ3n) is 1.17. The van der Waals surface area contributed by atoms with Crippen LogP contribution in [0.5, 0.6) is 5.75 Å². The minimum Gasteiger partial charge on any atom is -0.496 e. The Bertz CT molecular complexity index is 237. The average molecular weight is 266 g/mol. The van der Waals surface area contributed by atoms with Crippen LogP contribution in [0.25, 0.3) is 0 Å². The standard InChI is InChI=1S/C7H7IOS/c1-9-6-4-2-3-5(8)7(6)10/h2-4,10H,1H3. The van der Waals surface area contributed by atoms with Crippen molar-refractivity contribution in [2.45, 2.75) is 4.90 Å². The van der Waals surface area contributed by atoms with Crippen LogP contribution in [0.2, 0.25) is 0 Å². The lowest BCUT2D eigenvalue weighted by Crippen LogP contribution is -1.85. The molecule has 1 aromatic rings. The number of hydrogen-bond donors (Lipinski definition) is 1. The zero-order valence-electron chi connectivity index (χ0n) is 5.47. The van der Waals surface area contributed by atoms with Crippen molar-refractivity contribution in [2.24, 2.45) is 0 Å². The van der Waals surface area contributed by atoms with Gasteiger partial charge in [-0.1, -0.05) is 6.07 Å². The Morgan fingerprint density at radius 2 is 2.20 bits per heavy atom. The van der Waals surface area contributed by atoms with Gasteiger partial charge in [-0.15, -0.1) is 12.6 Å². The maximum absolute atomic E-state index is 5.04. The normalized spacial score (nSPS) is 9.50. The molecule has 0 radical (unpaired) electrons. The van der Waals surface area contributed by atoms with E-state index in [-0.39, 0.29) is 0 Å². The quantitative estimate of drug-likeness (QED) is 0.607. The minimum atomic E-state index is 0.829. The van der Waals surface area contributed by atoms with Gasteiger partial charge in [0, 0.05) is 3.57 Å². The lowest BCUT2D eigenvalue weighted by Gasteiger charge is -2.03. The zero-order chi connectivity index (χ0) is 7.56. The van der Waals surface area contributed by atoms with Crippen molar-refractivity contribution in [1.29, 1.82) is 0 Å². The second kappa shape index (κ2) is 3.48. The molecule has 0 aliphatic heterocycles. The highest BCUT2D eigenvalue weighted by molar-refractivity contribution is 14.1. The molecule has 10 heavy (non-hydrogen) atoms. The summed E-state index contributed by atoms with van der Waals surface area (Å²) in [5.74, 6) is 0.829. The van der Waals surface area contributed by atoms with Crippen molar-refractivity contribution in [1.82, 2.24) is 0 Å². The molecule has 0 saturated carbocycles. The molecule has 0 aliphatic carbocycles. The van der Waals surface area contributed by atoms with E-state index in [1.807, 2.05) is 18.2 Å². The van der Waals surface area contributed by atoms with Gasteiger partial charge in [0.2, 0.25) is 0 Å². The molecule has 0 amide bonds. The van der Waals surface area contributed by atoms with E-state index in [0.717, 1.165) is 14.2 Å². The molecular weight excluding hydrogens is 259 g/mol. The number of rotatable bonds is 1. The van der Waals surface area contributed by atoms with E-state index in [2.05, 4.69) is 35.2 Å². The third-order valence-corrected chi connectivity index (χ3v) is 2.96. The fourth-order valence-electron chi connectivity index (χ4n) is 0.660. The highest BCUT2D eigenvalue weighted by Gasteiger charge is 1.99. The summed E-state index contributed by atoms with van der Waals surface area (Å²) in [7, 11) is 1.64. The molecule has 1 aromatic carbocycles. The van der Waals surface area contributed by atoms with Crippen LogP contribution in [-0.4, -0.2) is 7.11 Å². The Morgan fingerprint density at radius 3 is 2.70 bits per heavy atom. The maximum atomic E-state index is 5.04. The van der Waals surface area contributed by atoms with E-state index >= 15 is 0 Å². The molecule has 0 bridgehead atoms. The van der Waals surface area contributed by atoms with Crippen LogP contribution in [0, 0.1) is 3.57 Å². The Morgan fingerprint density at radius 1 is 1.50 bits per heavy atom. The summed E-state index contributed by atoms with van der Waals surface area (Å²) in [6.45, 7) is 0. The summed E-state index contributed by atoms with van der Waals surface area (Å²) in [6, 6.07) is 5.83. The van der Waals surface area contributed by atoms with E-state index < -0.39 is 0 Å². The first kappa shape index (κ1) is 8.20. The summed E-state index contributed by atoms with van der Waals surface area (Å²) in [5, 5.41) is 0. The number of ether oxygens (including phenoxy) is 1. The Balaban J connectivity index is 3.14. The van der Waals surface area contributed by atoms with Crippen molar-refractivity contribution in [2.75, 3.05) is 7.11 Å². The number of halogens is 1. The topological polar surface area (TPSA) is 9.23 Å². The number of hydrogen-bond acceptors (Lipinski definition) is 2. The molecule has 0 spiro atoms. The summed E-state index contributed by atoms with van der Waals surface area (Å²) in [5.41, 5.74) is 0. The number of benzene rings is 1. The van der Waals surface area contributed by atoms with Crippen molar-refractivity contribution in [3.8, 4) is 5.75 Å². The Kier molecular flexibility index (Phi) is 2.85. The average Bonchev–Trinajstić information content (AvgIpc) is 1.95. The predicted octanol–water partition coefficient (Wildman–Crippen LogP) is 2.59. The zero-order valence-corrected chi connectivity index (χ0v) is 8.52. The van der Waals surface area contributed by atoms with Gasteiger partial charge in [-0.3, -0.25) is 0 Å². The first-order valence-corrected chi connectivity index (χ1v) is 4.29. The van der Waals surface area contributed by atoms with Crippen molar-refractivity contribution in [3.05, 3.63) is 21.8 Å². The van der Waals surface area contributed by atoms with E-state index in [1.165, 1.54) is 0 Å². The first-order chi connectivity index (χ1) is 4.75. The lowest BCUT2D eigenvalue weighted by molar-refractivity contribution is 0.404. The van der Waals surface area contributed by atoms with Crippen molar-refractivity contribution >= 4 is 35.2 Å². The number of thiol groups is 1. The molecule has 3 heteroatoms. The molecule has 0 saturated heterocycles. The fourth-order valence-corrected chi connectivity index (χ4v) is 1.37. The molecule has 0 heterocycles. The second-order valence-corrected chi connectivity index (χ2v) is 3.40. The maximum Gasteiger partial charge on any atom is 0.133 e. The molecule has 1 rings (SSSR count). The highest BCUT2D eigenvalue weighted by Crippen LogP contribution is 2.26. The van der Waals surface area contributed by atoms with Gasteiger partial charge in [-0.2, -0.15) is 0 Å². The van der Waals surface area contributed by atoms with Crippen LogP contribution in [0.1, 0.15) is 0 Å². The van der Waals surface area contributed by atoms with Gasteiger partial charge in [0.1, 0.15) is 5.75 Å². The minimum absolute atomic E-state index is 0.829. The van der Waals surface area contributed by atoms with E-state index in [9.17, 15) is 0 Å². The van der Waals surface area contributed by atoms with Gasteiger partial charge in [0.15, 0.2) is 0 Å². The smallest absolute Gasteiger partial charge is 0.133 e. The van der Waals surface area contributed by atoms with Crippen LogP contribution >= 0.6 is 35.2 Å². The SMILES string of the molecule is COc1cccc(I)c1S. The molecule has 0 atom stereocenters. The lowest BCUT2D eigenvalue weighted by atomic mass is 10.3. The van der Waals surface area contributed by atoms with E-state index in [0.29, 0.717) is 0 Å². The van der Waals surface area contributed by atoms with Crippen molar-refractivity contribution < 1.29 is 4.74 Å². The van der Waals surface area contributed by atoms with Gasteiger partial charge in [0.05, 0.1) is 12.0 Å². The molecule has 0 aliphatic rings.